The zero-order valence-corrected chi connectivity index (χ0v) is 13.4. The molecule has 21 heavy (non-hydrogen) atoms. The van der Waals surface area contributed by atoms with E-state index in [1.807, 2.05) is 0 Å². The van der Waals surface area contributed by atoms with Crippen molar-refractivity contribution in [2.24, 2.45) is 28.6 Å². The normalized spacial score (nSPS) is 52.7. The molecule has 0 aliphatic heterocycles. The molecule has 116 valence electrons. The fraction of sp³-hybridized carbons (Fsp3) is 0.842. The fourth-order valence-corrected chi connectivity index (χ4v) is 6.61. The summed E-state index contributed by atoms with van der Waals surface area (Å²) >= 11 is 0. The molecule has 0 bridgehead atoms. The Labute approximate surface area is 128 Å². The van der Waals surface area contributed by atoms with Gasteiger partial charge >= 0.3 is 0 Å². The maximum Gasteiger partial charge on any atom is 0.184 e. The zero-order valence-electron chi connectivity index (χ0n) is 13.4. The molecule has 4 aliphatic carbocycles. The van der Waals surface area contributed by atoms with Crippen molar-refractivity contribution in [3.05, 3.63) is 11.6 Å². The van der Waals surface area contributed by atoms with Crippen molar-refractivity contribution in [3.63, 3.8) is 0 Å². The Bertz CT molecular complexity index is 508. The van der Waals surface area contributed by atoms with E-state index in [1.165, 1.54) is 44.1 Å². The van der Waals surface area contributed by atoms with E-state index in [0.29, 0.717) is 17.8 Å². The second-order valence-electron chi connectivity index (χ2n) is 8.71. The van der Waals surface area contributed by atoms with Crippen LogP contribution in [0.25, 0.3) is 0 Å². The van der Waals surface area contributed by atoms with Crippen LogP contribution in [0.1, 0.15) is 65.2 Å². The summed E-state index contributed by atoms with van der Waals surface area (Å²) in [7, 11) is 0. The second-order valence-corrected chi connectivity index (χ2v) is 8.71. The number of carbonyl (C=O) groups is 1. The highest BCUT2D eigenvalue weighted by atomic mass is 16.3. The molecule has 3 fully saturated rings. The van der Waals surface area contributed by atoms with E-state index in [-0.39, 0.29) is 11.2 Å². The van der Waals surface area contributed by atoms with Crippen molar-refractivity contribution in [3.8, 4) is 0 Å². The summed E-state index contributed by atoms with van der Waals surface area (Å²) < 4.78 is 0. The van der Waals surface area contributed by atoms with E-state index in [0.717, 1.165) is 18.3 Å². The lowest BCUT2D eigenvalue weighted by Crippen LogP contribution is -2.51. The van der Waals surface area contributed by atoms with E-state index >= 15 is 0 Å². The number of ketones is 1. The molecule has 0 aromatic rings. The summed E-state index contributed by atoms with van der Waals surface area (Å²) in [6, 6.07) is 0. The highest BCUT2D eigenvalue weighted by Crippen LogP contribution is 2.65. The van der Waals surface area contributed by atoms with Gasteiger partial charge in [-0.2, -0.15) is 0 Å². The molecule has 6 atom stereocenters. The highest BCUT2D eigenvalue weighted by Gasteiger charge is 2.56. The quantitative estimate of drug-likeness (QED) is 0.734. The standard InChI is InChI=1S/C19H28O2/c1-18-8-3-4-14(18)13-6-5-12-10-16(20)17(21)11-19(12,2)15(13)7-9-18/h10,13-15,17,21H,3-9,11H2,1-2H3/t13-,14-,15-,17?,18-,19-/m0/s1. The van der Waals surface area contributed by atoms with Crippen molar-refractivity contribution >= 4 is 5.78 Å². The first-order valence-electron chi connectivity index (χ1n) is 8.87. The monoisotopic (exact) mass is 288 g/mol. The van der Waals surface area contributed by atoms with E-state index < -0.39 is 6.10 Å². The molecule has 0 radical (unpaired) electrons. The number of hydrogen-bond acceptors (Lipinski definition) is 2. The van der Waals surface area contributed by atoms with Crippen LogP contribution in [0, 0.1) is 28.6 Å². The zero-order chi connectivity index (χ0) is 14.8. The van der Waals surface area contributed by atoms with Crippen LogP contribution >= 0.6 is 0 Å². The smallest absolute Gasteiger partial charge is 0.184 e. The van der Waals surface area contributed by atoms with Gasteiger partial charge in [-0.25, -0.2) is 0 Å². The maximum absolute atomic E-state index is 11.9. The van der Waals surface area contributed by atoms with Gasteiger partial charge in [0.05, 0.1) is 0 Å². The van der Waals surface area contributed by atoms with Gasteiger partial charge in [0, 0.05) is 0 Å². The van der Waals surface area contributed by atoms with Gasteiger partial charge in [-0.15, -0.1) is 0 Å². The van der Waals surface area contributed by atoms with Crippen LogP contribution in [0.5, 0.6) is 0 Å². The molecular formula is C19H28O2. The Morgan fingerprint density at radius 2 is 1.95 bits per heavy atom. The van der Waals surface area contributed by atoms with Crippen LogP contribution in [0.3, 0.4) is 0 Å². The number of fused-ring (bicyclic) bond motifs is 5. The second kappa shape index (κ2) is 4.44. The minimum absolute atomic E-state index is 0.0533. The summed E-state index contributed by atoms with van der Waals surface area (Å²) in [6.07, 6.45) is 11.0. The summed E-state index contributed by atoms with van der Waals surface area (Å²) in [5.74, 6) is 2.36. The van der Waals surface area contributed by atoms with Crippen molar-refractivity contribution in [1.82, 2.24) is 0 Å². The van der Waals surface area contributed by atoms with Gasteiger partial charge in [0.15, 0.2) is 5.78 Å². The first-order chi connectivity index (χ1) is 9.94. The van der Waals surface area contributed by atoms with Crippen molar-refractivity contribution in [2.75, 3.05) is 0 Å². The number of aliphatic hydroxyl groups is 1. The van der Waals surface area contributed by atoms with E-state index in [4.69, 9.17) is 0 Å². The third-order valence-electron chi connectivity index (χ3n) is 7.78. The SMILES string of the molecule is C[C@@]12CCC[C@H]1[C@@H]1CCC3=CC(=O)C(O)C[C@]3(C)[C@H]1CC2. The van der Waals surface area contributed by atoms with E-state index in [2.05, 4.69) is 13.8 Å². The van der Waals surface area contributed by atoms with Gasteiger partial charge < -0.3 is 5.11 Å². The molecule has 2 nitrogen and oxygen atoms in total. The molecule has 0 saturated heterocycles. The van der Waals surface area contributed by atoms with Gasteiger partial charge in [-0.1, -0.05) is 25.8 Å². The van der Waals surface area contributed by atoms with E-state index in [1.54, 1.807) is 6.08 Å². The topological polar surface area (TPSA) is 37.3 Å². The number of rotatable bonds is 0. The third-order valence-corrected chi connectivity index (χ3v) is 7.78. The van der Waals surface area contributed by atoms with Crippen LogP contribution in [0.15, 0.2) is 11.6 Å². The lowest BCUT2D eigenvalue weighted by atomic mass is 9.47. The Kier molecular flexibility index (Phi) is 2.96. The minimum atomic E-state index is -0.755. The Balaban J connectivity index is 1.70. The average molecular weight is 288 g/mol. The molecule has 1 unspecified atom stereocenters. The molecule has 1 N–H and O–H groups in total. The van der Waals surface area contributed by atoms with Crippen LogP contribution in [0.2, 0.25) is 0 Å². The lowest BCUT2D eigenvalue weighted by Gasteiger charge is -2.57. The van der Waals surface area contributed by atoms with Crippen LogP contribution < -0.4 is 0 Å². The van der Waals surface area contributed by atoms with Crippen molar-refractivity contribution in [1.29, 1.82) is 0 Å². The molecule has 0 heterocycles. The van der Waals surface area contributed by atoms with Gasteiger partial charge in [0.25, 0.3) is 0 Å². The highest BCUT2D eigenvalue weighted by molar-refractivity contribution is 5.95. The summed E-state index contributed by atoms with van der Waals surface area (Å²) in [5, 5.41) is 10.1. The number of allylic oxidation sites excluding steroid dienone is 1. The molecule has 3 saturated carbocycles. The van der Waals surface area contributed by atoms with Crippen molar-refractivity contribution < 1.29 is 9.90 Å². The maximum atomic E-state index is 11.9. The largest absolute Gasteiger partial charge is 0.385 e. The van der Waals surface area contributed by atoms with Crippen molar-refractivity contribution in [2.45, 2.75) is 71.3 Å². The average Bonchev–Trinajstić information content (AvgIpc) is 2.82. The predicted molar refractivity (Wildman–Crippen MR) is 82.7 cm³/mol. The van der Waals surface area contributed by atoms with Gasteiger partial charge in [-0.3, -0.25) is 4.79 Å². The molecule has 0 spiro atoms. The third kappa shape index (κ3) is 1.84. The van der Waals surface area contributed by atoms with Gasteiger partial charge in [0.2, 0.25) is 0 Å². The minimum Gasteiger partial charge on any atom is -0.385 e. The molecule has 0 aromatic carbocycles. The summed E-state index contributed by atoms with van der Waals surface area (Å²) in [4.78, 5) is 11.9. The molecule has 4 aliphatic rings. The number of hydrogen-bond donors (Lipinski definition) is 1. The Hall–Kier alpha value is -0.630. The molecule has 4 rings (SSSR count). The summed E-state index contributed by atoms with van der Waals surface area (Å²) in [6.45, 7) is 4.86. The molecule has 2 heteroatoms. The van der Waals surface area contributed by atoms with Crippen LogP contribution in [-0.2, 0) is 4.79 Å². The van der Waals surface area contributed by atoms with Crippen LogP contribution in [0.4, 0.5) is 0 Å². The van der Waals surface area contributed by atoms with Gasteiger partial charge in [0.1, 0.15) is 6.10 Å². The molecule has 0 amide bonds. The fourth-order valence-electron chi connectivity index (χ4n) is 6.61. The van der Waals surface area contributed by atoms with Crippen LogP contribution in [-0.4, -0.2) is 17.0 Å². The first kappa shape index (κ1) is 14.0. The Morgan fingerprint density at radius 3 is 2.76 bits per heavy atom. The molecule has 0 aromatic heterocycles. The first-order valence-corrected chi connectivity index (χ1v) is 8.87. The number of carbonyl (C=O) groups excluding carboxylic acids is 1. The number of aliphatic hydroxyl groups excluding tert-OH is 1. The van der Waals surface area contributed by atoms with Gasteiger partial charge in [-0.05, 0) is 79.6 Å². The summed E-state index contributed by atoms with van der Waals surface area (Å²) in [5.41, 5.74) is 2.02. The molecular weight excluding hydrogens is 260 g/mol. The lowest BCUT2D eigenvalue weighted by molar-refractivity contribution is -0.127. The predicted octanol–water partition coefficient (Wildman–Crippen LogP) is 3.88. The van der Waals surface area contributed by atoms with E-state index in [9.17, 15) is 9.90 Å². The Morgan fingerprint density at radius 1 is 1.14 bits per heavy atom.